The largest absolute Gasteiger partial charge is 0.506 e. The fraction of sp³-hybridized carbons (Fsp3) is 0. The first-order valence-electron chi connectivity index (χ1n) is 3.15. The van der Waals surface area contributed by atoms with Crippen molar-refractivity contribution >= 4 is 38.1 Å². The number of hydrogen-bond donors (Lipinski definition) is 3. The summed E-state index contributed by atoms with van der Waals surface area (Å²) in [6.45, 7) is 0. The van der Waals surface area contributed by atoms with Gasteiger partial charge in [0, 0.05) is 5.56 Å². The Morgan fingerprint density at radius 3 is 2.38 bits per heavy atom. The van der Waals surface area contributed by atoms with Gasteiger partial charge in [0.25, 0.3) is 0 Å². The molecule has 0 atom stereocenters. The van der Waals surface area contributed by atoms with Crippen molar-refractivity contribution in [2.75, 3.05) is 0 Å². The first-order valence-corrected chi connectivity index (χ1v) is 4.74. The van der Waals surface area contributed by atoms with Gasteiger partial charge in [-0.1, -0.05) is 5.16 Å². The average molecular weight is 311 g/mol. The summed E-state index contributed by atoms with van der Waals surface area (Å²) in [6, 6.07) is 1.43. The van der Waals surface area contributed by atoms with Crippen molar-refractivity contribution in [3.8, 4) is 11.5 Å². The molecule has 0 saturated carbocycles. The standard InChI is InChI=1S/C7H5Br2NO3/c8-4-1-3(2-10-13)6(11)5(9)7(4)12/h1-2,11-13H/b10-2-. The van der Waals surface area contributed by atoms with Crippen LogP contribution in [-0.4, -0.2) is 21.6 Å². The molecule has 1 aromatic rings. The van der Waals surface area contributed by atoms with Crippen molar-refractivity contribution in [2.45, 2.75) is 0 Å². The molecule has 0 radical (unpaired) electrons. The van der Waals surface area contributed by atoms with Crippen molar-refractivity contribution in [1.29, 1.82) is 0 Å². The third kappa shape index (κ3) is 1.94. The summed E-state index contributed by atoms with van der Waals surface area (Å²) >= 11 is 6.04. The lowest BCUT2D eigenvalue weighted by Gasteiger charge is -2.05. The highest BCUT2D eigenvalue weighted by Crippen LogP contribution is 2.40. The quantitative estimate of drug-likeness (QED) is 0.424. The lowest BCUT2D eigenvalue weighted by molar-refractivity contribution is 0.321. The summed E-state index contributed by atoms with van der Waals surface area (Å²) < 4.78 is 0.545. The number of phenolic OH excluding ortho intramolecular Hbond substituents is 2. The molecule has 0 aliphatic rings. The van der Waals surface area contributed by atoms with Crippen LogP contribution in [0.2, 0.25) is 0 Å². The summed E-state index contributed by atoms with van der Waals surface area (Å²) in [5.41, 5.74) is 0.291. The van der Waals surface area contributed by atoms with Gasteiger partial charge in [-0.15, -0.1) is 0 Å². The summed E-state index contributed by atoms with van der Waals surface area (Å²) in [7, 11) is 0. The summed E-state index contributed by atoms with van der Waals surface area (Å²) in [4.78, 5) is 0. The lowest BCUT2D eigenvalue weighted by Crippen LogP contribution is -1.85. The van der Waals surface area contributed by atoms with Crippen molar-refractivity contribution in [3.63, 3.8) is 0 Å². The van der Waals surface area contributed by atoms with Crippen LogP contribution in [0.4, 0.5) is 0 Å². The minimum atomic E-state index is -0.182. The zero-order valence-corrected chi connectivity index (χ0v) is 9.37. The summed E-state index contributed by atoms with van der Waals surface area (Å²) in [5.74, 6) is -0.286. The van der Waals surface area contributed by atoms with Crippen LogP contribution in [0.3, 0.4) is 0 Å². The fourth-order valence-corrected chi connectivity index (χ4v) is 1.93. The van der Waals surface area contributed by atoms with Crippen molar-refractivity contribution in [2.24, 2.45) is 5.16 Å². The van der Waals surface area contributed by atoms with Crippen LogP contribution in [0.5, 0.6) is 11.5 Å². The average Bonchev–Trinajstić information content (AvgIpc) is 2.11. The third-order valence-corrected chi connectivity index (χ3v) is 2.75. The second-order valence-electron chi connectivity index (χ2n) is 2.20. The summed E-state index contributed by atoms with van der Waals surface area (Å²) in [6.07, 6.45) is 1.06. The van der Waals surface area contributed by atoms with E-state index in [1.54, 1.807) is 0 Å². The molecule has 0 aliphatic heterocycles. The first-order chi connectivity index (χ1) is 6.07. The second kappa shape index (κ2) is 3.97. The minimum Gasteiger partial charge on any atom is -0.506 e. The highest BCUT2D eigenvalue weighted by Gasteiger charge is 2.12. The van der Waals surface area contributed by atoms with Gasteiger partial charge < -0.3 is 15.4 Å². The Labute approximate surface area is 90.8 Å². The van der Waals surface area contributed by atoms with Crippen LogP contribution in [0.15, 0.2) is 20.2 Å². The molecule has 0 aromatic heterocycles. The smallest absolute Gasteiger partial charge is 0.147 e. The molecule has 0 aliphatic carbocycles. The molecule has 1 aromatic carbocycles. The molecule has 0 heterocycles. The minimum absolute atomic E-state index is 0.104. The molecule has 0 bridgehead atoms. The van der Waals surface area contributed by atoms with Gasteiger partial charge in [-0.3, -0.25) is 0 Å². The van der Waals surface area contributed by atoms with E-state index in [-0.39, 0.29) is 16.0 Å². The Kier molecular flexibility index (Phi) is 3.16. The number of hydrogen-bond acceptors (Lipinski definition) is 4. The van der Waals surface area contributed by atoms with Crippen LogP contribution in [0, 0.1) is 0 Å². The number of nitrogens with zero attached hydrogens (tertiary/aromatic N) is 1. The SMILES string of the molecule is O/N=C\c1cc(Br)c(O)c(Br)c1O. The van der Waals surface area contributed by atoms with Gasteiger partial charge >= 0.3 is 0 Å². The van der Waals surface area contributed by atoms with Gasteiger partial charge in [-0.05, 0) is 37.9 Å². The Hall–Kier alpha value is -0.750. The van der Waals surface area contributed by atoms with Gasteiger partial charge in [-0.25, -0.2) is 0 Å². The number of aromatic hydroxyl groups is 2. The van der Waals surface area contributed by atoms with Crippen LogP contribution < -0.4 is 0 Å². The molecular weight excluding hydrogens is 306 g/mol. The maximum absolute atomic E-state index is 9.40. The van der Waals surface area contributed by atoms with E-state index in [2.05, 4.69) is 37.0 Å². The van der Waals surface area contributed by atoms with Gasteiger partial charge in [0.1, 0.15) is 16.0 Å². The predicted molar refractivity (Wildman–Crippen MR) is 54.6 cm³/mol. The van der Waals surface area contributed by atoms with E-state index < -0.39 is 0 Å². The molecule has 6 heteroatoms. The van der Waals surface area contributed by atoms with Gasteiger partial charge in [-0.2, -0.15) is 0 Å². The van der Waals surface area contributed by atoms with Crippen molar-refractivity contribution in [3.05, 3.63) is 20.6 Å². The molecule has 13 heavy (non-hydrogen) atoms. The molecule has 3 N–H and O–H groups in total. The number of rotatable bonds is 1. The molecule has 4 nitrogen and oxygen atoms in total. The second-order valence-corrected chi connectivity index (χ2v) is 3.85. The molecule has 0 spiro atoms. The highest BCUT2D eigenvalue weighted by molar-refractivity contribution is 9.11. The maximum Gasteiger partial charge on any atom is 0.147 e. The Morgan fingerprint density at radius 2 is 1.85 bits per heavy atom. The fourth-order valence-electron chi connectivity index (χ4n) is 0.778. The molecule has 0 amide bonds. The number of benzene rings is 1. The molecule has 0 unspecified atom stereocenters. The normalized spacial score (nSPS) is 10.9. The van der Waals surface area contributed by atoms with E-state index in [1.165, 1.54) is 6.07 Å². The van der Waals surface area contributed by atoms with E-state index in [1.807, 2.05) is 0 Å². The Balaban J connectivity index is 3.40. The van der Waals surface area contributed by atoms with E-state index in [4.69, 9.17) is 5.21 Å². The Morgan fingerprint density at radius 1 is 1.23 bits per heavy atom. The Bertz CT molecular complexity index is 365. The third-order valence-electron chi connectivity index (χ3n) is 1.39. The highest BCUT2D eigenvalue weighted by atomic mass is 79.9. The number of halogens is 2. The van der Waals surface area contributed by atoms with Crippen LogP contribution >= 0.6 is 31.9 Å². The summed E-state index contributed by atoms with van der Waals surface area (Å²) in [5, 5.41) is 29.8. The van der Waals surface area contributed by atoms with Crippen molar-refractivity contribution in [1.82, 2.24) is 0 Å². The molecular formula is C7H5Br2NO3. The van der Waals surface area contributed by atoms with Crippen molar-refractivity contribution < 1.29 is 15.4 Å². The van der Waals surface area contributed by atoms with E-state index >= 15 is 0 Å². The van der Waals surface area contributed by atoms with Crippen LogP contribution in [0.1, 0.15) is 5.56 Å². The molecule has 0 saturated heterocycles. The van der Waals surface area contributed by atoms with Gasteiger partial charge in [0.05, 0.1) is 10.7 Å². The van der Waals surface area contributed by atoms with Crippen LogP contribution in [-0.2, 0) is 0 Å². The number of phenols is 2. The van der Waals surface area contributed by atoms with E-state index in [0.717, 1.165) is 6.21 Å². The molecule has 70 valence electrons. The van der Waals surface area contributed by atoms with E-state index in [0.29, 0.717) is 10.0 Å². The van der Waals surface area contributed by atoms with Crippen LogP contribution in [0.25, 0.3) is 0 Å². The topological polar surface area (TPSA) is 73.1 Å². The number of oxime groups is 1. The maximum atomic E-state index is 9.40. The van der Waals surface area contributed by atoms with E-state index in [9.17, 15) is 10.2 Å². The van der Waals surface area contributed by atoms with Gasteiger partial charge in [0.2, 0.25) is 0 Å². The predicted octanol–water partition coefficient (Wildman–Crippen LogP) is 2.43. The first kappa shape index (κ1) is 10.3. The molecule has 1 rings (SSSR count). The monoisotopic (exact) mass is 309 g/mol. The lowest BCUT2D eigenvalue weighted by atomic mass is 10.2. The molecule has 0 fully saturated rings. The zero-order chi connectivity index (χ0) is 10.0. The van der Waals surface area contributed by atoms with Gasteiger partial charge in [0.15, 0.2) is 0 Å². The zero-order valence-electron chi connectivity index (χ0n) is 6.20.